The van der Waals surface area contributed by atoms with Gasteiger partial charge in [0.25, 0.3) is 0 Å². The van der Waals surface area contributed by atoms with Crippen molar-refractivity contribution in [3.63, 3.8) is 0 Å². The Morgan fingerprint density at radius 2 is 2.05 bits per heavy atom. The highest BCUT2D eigenvalue weighted by Gasteiger charge is 2.26. The summed E-state index contributed by atoms with van der Waals surface area (Å²) in [7, 11) is 0. The minimum absolute atomic E-state index is 0.322. The van der Waals surface area contributed by atoms with Gasteiger partial charge in [-0.05, 0) is 45.7 Å². The van der Waals surface area contributed by atoms with Crippen LogP contribution in [0.5, 0.6) is 0 Å². The Bertz CT molecular complexity index is 377. The molecule has 1 aliphatic rings. The fraction of sp³-hybridized carbons (Fsp3) is 0.800. The van der Waals surface area contributed by atoms with E-state index >= 15 is 0 Å². The molecule has 19 heavy (non-hydrogen) atoms. The third kappa shape index (κ3) is 3.18. The Labute approximate surface area is 117 Å². The molecule has 0 radical (unpaired) electrons. The summed E-state index contributed by atoms with van der Waals surface area (Å²) >= 11 is 0. The highest BCUT2D eigenvalue weighted by molar-refractivity contribution is 5.08. The van der Waals surface area contributed by atoms with Crippen molar-refractivity contribution in [3.8, 4) is 0 Å². The summed E-state index contributed by atoms with van der Waals surface area (Å²) in [5.74, 6) is 0.907. The standard InChI is InChI=1S/C15H28N4/c1-4-13-5-7-18(8-6-13)14(9-16)15-10-17-11-19(15)12(2)3/h10-14H,4-9,16H2,1-3H3. The van der Waals surface area contributed by atoms with Gasteiger partial charge in [0.2, 0.25) is 0 Å². The number of hydrogen-bond acceptors (Lipinski definition) is 3. The second-order valence-corrected chi connectivity index (χ2v) is 5.96. The average Bonchev–Trinajstić information content (AvgIpc) is 2.90. The van der Waals surface area contributed by atoms with Crippen molar-refractivity contribution < 1.29 is 0 Å². The molecule has 1 aromatic rings. The number of imidazole rings is 1. The lowest BCUT2D eigenvalue weighted by Gasteiger charge is -2.37. The van der Waals surface area contributed by atoms with Gasteiger partial charge in [0.05, 0.1) is 18.1 Å². The molecule has 1 fully saturated rings. The molecular weight excluding hydrogens is 236 g/mol. The van der Waals surface area contributed by atoms with Crippen LogP contribution in [0.2, 0.25) is 0 Å². The third-order valence-electron chi connectivity index (χ3n) is 4.48. The minimum atomic E-state index is 0.322. The smallest absolute Gasteiger partial charge is 0.0951 e. The maximum Gasteiger partial charge on any atom is 0.0951 e. The van der Waals surface area contributed by atoms with Gasteiger partial charge in [0.15, 0.2) is 0 Å². The van der Waals surface area contributed by atoms with Crippen molar-refractivity contribution in [1.82, 2.24) is 14.5 Å². The van der Waals surface area contributed by atoms with E-state index in [1.54, 1.807) is 0 Å². The van der Waals surface area contributed by atoms with E-state index in [1.807, 2.05) is 12.5 Å². The van der Waals surface area contributed by atoms with Crippen LogP contribution in [-0.2, 0) is 0 Å². The van der Waals surface area contributed by atoms with Gasteiger partial charge < -0.3 is 10.3 Å². The zero-order valence-electron chi connectivity index (χ0n) is 12.5. The second kappa shape index (κ2) is 6.53. The lowest BCUT2D eigenvalue weighted by molar-refractivity contribution is 0.129. The van der Waals surface area contributed by atoms with Crippen LogP contribution in [0, 0.1) is 5.92 Å². The molecule has 1 aromatic heterocycles. The number of piperidine rings is 1. The molecule has 1 saturated heterocycles. The molecule has 1 aliphatic heterocycles. The lowest BCUT2D eigenvalue weighted by atomic mass is 9.93. The number of hydrogen-bond donors (Lipinski definition) is 1. The van der Waals surface area contributed by atoms with E-state index in [1.165, 1.54) is 38.0 Å². The van der Waals surface area contributed by atoms with Crippen LogP contribution >= 0.6 is 0 Å². The van der Waals surface area contributed by atoms with E-state index in [9.17, 15) is 0 Å². The maximum atomic E-state index is 6.05. The van der Waals surface area contributed by atoms with Crippen molar-refractivity contribution >= 4 is 0 Å². The molecule has 0 bridgehead atoms. The SMILES string of the molecule is CCC1CCN(C(CN)c2cncn2C(C)C)CC1. The third-order valence-corrected chi connectivity index (χ3v) is 4.48. The Balaban J connectivity index is 2.10. The topological polar surface area (TPSA) is 47.1 Å². The van der Waals surface area contributed by atoms with E-state index in [4.69, 9.17) is 5.73 Å². The summed E-state index contributed by atoms with van der Waals surface area (Å²) in [6, 6.07) is 0.766. The summed E-state index contributed by atoms with van der Waals surface area (Å²) in [6.45, 7) is 9.71. The molecule has 1 unspecified atom stereocenters. The summed E-state index contributed by atoms with van der Waals surface area (Å²) in [4.78, 5) is 6.86. The monoisotopic (exact) mass is 264 g/mol. The van der Waals surface area contributed by atoms with Gasteiger partial charge in [-0.15, -0.1) is 0 Å². The zero-order valence-corrected chi connectivity index (χ0v) is 12.5. The van der Waals surface area contributed by atoms with Gasteiger partial charge in [0.1, 0.15) is 0 Å². The quantitative estimate of drug-likeness (QED) is 0.889. The summed E-state index contributed by atoms with van der Waals surface area (Å²) < 4.78 is 2.25. The first-order valence-electron chi connectivity index (χ1n) is 7.63. The van der Waals surface area contributed by atoms with E-state index in [-0.39, 0.29) is 0 Å². The summed E-state index contributed by atoms with van der Waals surface area (Å²) in [5, 5.41) is 0. The minimum Gasteiger partial charge on any atom is -0.331 e. The number of nitrogens with two attached hydrogens (primary N) is 1. The Kier molecular flexibility index (Phi) is 4.99. The molecule has 0 saturated carbocycles. The Morgan fingerprint density at radius 3 is 2.58 bits per heavy atom. The molecule has 4 nitrogen and oxygen atoms in total. The highest BCUT2D eigenvalue weighted by Crippen LogP contribution is 2.28. The summed E-state index contributed by atoms with van der Waals surface area (Å²) in [6.07, 6.45) is 7.85. The average molecular weight is 264 g/mol. The van der Waals surface area contributed by atoms with Crippen LogP contribution in [-0.4, -0.2) is 34.1 Å². The fourth-order valence-electron chi connectivity index (χ4n) is 3.13. The molecule has 2 N–H and O–H groups in total. The zero-order chi connectivity index (χ0) is 13.8. The molecule has 2 rings (SSSR count). The van der Waals surface area contributed by atoms with Gasteiger partial charge in [-0.25, -0.2) is 4.98 Å². The van der Waals surface area contributed by atoms with E-state index in [2.05, 4.69) is 35.2 Å². The van der Waals surface area contributed by atoms with E-state index in [0.717, 1.165) is 5.92 Å². The van der Waals surface area contributed by atoms with Crippen molar-refractivity contribution in [1.29, 1.82) is 0 Å². The second-order valence-electron chi connectivity index (χ2n) is 5.96. The number of nitrogens with zero attached hydrogens (tertiary/aromatic N) is 3. The predicted octanol–water partition coefficient (Wildman–Crippen LogP) is 2.59. The molecule has 2 heterocycles. The van der Waals surface area contributed by atoms with Crippen LogP contribution in [0.15, 0.2) is 12.5 Å². The highest BCUT2D eigenvalue weighted by atomic mass is 15.2. The van der Waals surface area contributed by atoms with Crippen LogP contribution < -0.4 is 5.73 Å². The fourth-order valence-corrected chi connectivity index (χ4v) is 3.13. The van der Waals surface area contributed by atoms with Crippen molar-refractivity contribution in [2.24, 2.45) is 11.7 Å². The maximum absolute atomic E-state index is 6.05. The van der Waals surface area contributed by atoms with Gasteiger partial charge in [0, 0.05) is 18.8 Å². The van der Waals surface area contributed by atoms with E-state index < -0.39 is 0 Å². The molecule has 4 heteroatoms. The van der Waals surface area contributed by atoms with Gasteiger partial charge in [-0.1, -0.05) is 13.3 Å². The first-order chi connectivity index (χ1) is 9.17. The lowest BCUT2D eigenvalue weighted by Crippen LogP contribution is -2.40. The molecule has 1 atom stereocenters. The number of aromatic nitrogens is 2. The normalized spacial score (nSPS) is 20.1. The Morgan fingerprint density at radius 1 is 1.37 bits per heavy atom. The van der Waals surface area contributed by atoms with Gasteiger partial charge >= 0.3 is 0 Å². The predicted molar refractivity (Wildman–Crippen MR) is 79.0 cm³/mol. The van der Waals surface area contributed by atoms with Crippen LogP contribution in [0.4, 0.5) is 0 Å². The van der Waals surface area contributed by atoms with Crippen LogP contribution in [0.1, 0.15) is 57.8 Å². The van der Waals surface area contributed by atoms with Crippen LogP contribution in [0.25, 0.3) is 0 Å². The Hall–Kier alpha value is -0.870. The molecule has 0 aromatic carbocycles. The summed E-state index contributed by atoms with van der Waals surface area (Å²) in [5.41, 5.74) is 7.32. The first-order valence-corrected chi connectivity index (χ1v) is 7.63. The van der Waals surface area contributed by atoms with E-state index in [0.29, 0.717) is 18.6 Å². The van der Waals surface area contributed by atoms with Crippen molar-refractivity contribution in [2.75, 3.05) is 19.6 Å². The number of rotatable bonds is 5. The van der Waals surface area contributed by atoms with Gasteiger partial charge in [-0.3, -0.25) is 4.90 Å². The molecular formula is C15H28N4. The molecule has 108 valence electrons. The largest absolute Gasteiger partial charge is 0.331 e. The molecule has 0 aliphatic carbocycles. The number of likely N-dealkylation sites (tertiary alicyclic amines) is 1. The molecule has 0 spiro atoms. The van der Waals surface area contributed by atoms with Crippen LogP contribution in [0.3, 0.4) is 0 Å². The molecule has 0 amide bonds. The van der Waals surface area contributed by atoms with Gasteiger partial charge in [-0.2, -0.15) is 0 Å². The first kappa shape index (κ1) is 14.5. The van der Waals surface area contributed by atoms with Crippen molar-refractivity contribution in [3.05, 3.63) is 18.2 Å². The van der Waals surface area contributed by atoms with Crippen molar-refractivity contribution in [2.45, 2.75) is 52.1 Å².